The van der Waals surface area contributed by atoms with Crippen LogP contribution in [0.5, 0.6) is 0 Å². The molecule has 0 saturated heterocycles. The van der Waals surface area contributed by atoms with Gasteiger partial charge in [0.2, 0.25) is 0 Å². The molecule has 0 radical (unpaired) electrons. The molecular formula is C11H11NO2S3. The Hall–Kier alpha value is -0.850. The molecule has 3 nitrogen and oxygen atoms in total. The van der Waals surface area contributed by atoms with Crippen molar-refractivity contribution >= 4 is 32.5 Å². The van der Waals surface area contributed by atoms with Crippen LogP contribution in [0, 0.1) is 6.92 Å². The van der Waals surface area contributed by atoms with Gasteiger partial charge < -0.3 is 0 Å². The Bertz CT molecular complexity index is 584. The number of nitrogens with zero attached hydrogens (tertiary/aromatic N) is 1. The second-order valence-corrected chi connectivity index (χ2v) is 7.46. The zero-order valence-corrected chi connectivity index (χ0v) is 11.6. The third kappa shape index (κ3) is 3.31. The average molecular weight is 285 g/mol. The lowest BCUT2D eigenvalue weighted by atomic mass is 10.2. The van der Waals surface area contributed by atoms with Crippen molar-refractivity contribution in [1.29, 1.82) is 0 Å². The normalized spacial score (nSPS) is 16.1. The summed E-state index contributed by atoms with van der Waals surface area (Å²) in [6.45, 7) is 1.92. The highest BCUT2D eigenvalue weighted by molar-refractivity contribution is 8.09. The molecule has 0 unspecified atom stereocenters. The van der Waals surface area contributed by atoms with Crippen molar-refractivity contribution in [2.75, 3.05) is 0 Å². The molecule has 0 N–H and O–H groups in total. The summed E-state index contributed by atoms with van der Waals surface area (Å²) in [6.07, 6.45) is 0. The van der Waals surface area contributed by atoms with E-state index in [0.29, 0.717) is 0 Å². The van der Waals surface area contributed by atoms with Crippen LogP contribution in [0.25, 0.3) is 0 Å². The molecule has 0 saturated carbocycles. The topological polar surface area (TPSA) is 46.5 Å². The Morgan fingerprint density at radius 1 is 1.12 bits per heavy atom. The maximum absolute atomic E-state index is 12.0. The van der Waals surface area contributed by atoms with Gasteiger partial charge in [-0.1, -0.05) is 17.7 Å². The molecule has 1 aliphatic rings. The van der Waals surface area contributed by atoms with Gasteiger partial charge in [0.25, 0.3) is 10.0 Å². The molecule has 1 heterocycles. The SMILES string of the molecule is Cc1ccc(S(=O)(=O)N=S2C=CSC=C2)cc1. The molecule has 0 bridgehead atoms. The van der Waals surface area contributed by atoms with Gasteiger partial charge in [-0.25, -0.2) is 0 Å². The fourth-order valence-corrected chi connectivity index (χ4v) is 4.92. The van der Waals surface area contributed by atoms with Crippen LogP contribution in [-0.2, 0) is 20.7 Å². The monoisotopic (exact) mass is 285 g/mol. The Balaban J connectivity index is 2.37. The van der Waals surface area contributed by atoms with E-state index in [1.54, 1.807) is 35.1 Å². The van der Waals surface area contributed by atoms with E-state index in [-0.39, 0.29) is 4.90 Å². The van der Waals surface area contributed by atoms with Crippen LogP contribution in [0.3, 0.4) is 0 Å². The Morgan fingerprint density at radius 2 is 1.71 bits per heavy atom. The number of benzene rings is 1. The third-order valence-corrected chi connectivity index (χ3v) is 6.15. The van der Waals surface area contributed by atoms with Crippen molar-refractivity contribution in [2.24, 2.45) is 3.77 Å². The molecule has 2 rings (SSSR count). The average Bonchev–Trinajstić information content (AvgIpc) is 2.30. The van der Waals surface area contributed by atoms with E-state index in [0.717, 1.165) is 5.56 Å². The highest BCUT2D eigenvalue weighted by atomic mass is 32.3. The predicted molar refractivity (Wildman–Crippen MR) is 74.0 cm³/mol. The fourth-order valence-electron chi connectivity index (χ4n) is 1.18. The second kappa shape index (κ2) is 5.20. The zero-order chi connectivity index (χ0) is 12.3. The summed E-state index contributed by atoms with van der Waals surface area (Å²) < 4.78 is 27.8. The fraction of sp³-hybridized carbons (Fsp3) is 0.0909. The van der Waals surface area contributed by atoms with E-state index in [2.05, 4.69) is 3.77 Å². The van der Waals surface area contributed by atoms with Gasteiger partial charge in [0.15, 0.2) is 0 Å². The number of hydrogen-bond acceptors (Lipinski definition) is 3. The van der Waals surface area contributed by atoms with Crippen LogP contribution in [0.1, 0.15) is 5.56 Å². The van der Waals surface area contributed by atoms with Crippen molar-refractivity contribution in [1.82, 2.24) is 0 Å². The molecule has 0 atom stereocenters. The Labute approximate surface area is 108 Å². The lowest BCUT2D eigenvalue weighted by Gasteiger charge is -2.02. The number of thioether (sulfide) groups is 1. The van der Waals surface area contributed by atoms with E-state index in [9.17, 15) is 8.42 Å². The summed E-state index contributed by atoms with van der Waals surface area (Å²) >= 11 is 1.51. The summed E-state index contributed by atoms with van der Waals surface area (Å²) in [7, 11) is -4.22. The van der Waals surface area contributed by atoms with Gasteiger partial charge in [-0.2, -0.15) is 8.42 Å². The number of rotatable bonds is 2. The lowest BCUT2D eigenvalue weighted by molar-refractivity contribution is 0.598. The standard InChI is InChI=1S/C11H11NO2S3/c1-10-2-4-11(5-3-10)17(13,14)12-16-8-6-15-7-9-16/h2-9H,1H3. The molecule has 0 aliphatic carbocycles. The van der Waals surface area contributed by atoms with Crippen LogP contribution in [-0.4, -0.2) is 8.42 Å². The first kappa shape index (κ1) is 12.6. The Morgan fingerprint density at radius 3 is 2.29 bits per heavy atom. The van der Waals surface area contributed by atoms with E-state index >= 15 is 0 Å². The molecule has 1 aromatic rings. The van der Waals surface area contributed by atoms with Gasteiger partial charge in [-0.15, -0.1) is 15.5 Å². The smallest absolute Gasteiger partial charge is 0.199 e. The summed E-state index contributed by atoms with van der Waals surface area (Å²) in [5.41, 5.74) is 1.03. The number of hydrogen-bond donors (Lipinski definition) is 0. The maximum Gasteiger partial charge on any atom is 0.288 e. The second-order valence-electron chi connectivity index (χ2n) is 3.39. The van der Waals surface area contributed by atoms with Crippen LogP contribution in [0.15, 0.2) is 54.6 Å². The van der Waals surface area contributed by atoms with Crippen LogP contribution in [0.2, 0.25) is 0 Å². The van der Waals surface area contributed by atoms with Gasteiger partial charge in [0, 0.05) is 0 Å². The summed E-state index contributed by atoms with van der Waals surface area (Å²) in [5, 5.41) is 7.27. The predicted octanol–water partition coefficient (Wildman–Crippen LogP) is 3.17. The molecule has 90 valence electrons. The first-order valence-electron chi connectivity index (χ1n) is 4.83. The minimum absolute atomic E-state index is 0.246. The van der Waals surface area contributed by atoms with E-state index in [1.165, 1.54) is 11.8 Å². The van der Waals surface area contributed by atoms with Gasteiger partial charge in [-0.05, 0) is 51.4 Å². The van der Waals surface area contributed by atoms with Crippen molar-refractivity contribution in [3.63, 3.8) is 0 Å². The van der Waals surface area contributed by atoms with E-state index < -0.39 is 20.7 Å². The van der Waals surface area contributed by atoms with E-state index in [1.807, 2.05) is 17.7 Å². The first-order chi connectivity index (χ1) is 8.08. The molecule has 0 amide bonds. The van der Waals surface area contributed by atoms with Crippen molar-refractivity contribution < 1.29 is 8.42 Å². The van der Waals surface area contributed by atoms with Gasteiger partial charge in [-0.3, -0.25) is 0 Å². The van der Waals surface area contributed by atoms with Crippen molar-refractivity contribution in [3.05, 3.63) is 51.5 Å². The van der Waals surface area contributed by atoms with Gasteiger partial charge in [0.05, 0.1) is 4.90 Å². The summed E-state index contributed by atoms with van der Waals surface area (Å²) in [4.78, 5) is 0.246. The number of sulfonamides is 1. The zero-order valence-electron chi connectivity index (χ0n) is 9.11. The molecule has 6 heteroatoms. The van der Waals surface area contributed by atoms with Crippen LogP contribution in [0.4, 0.5) is 0 Å². The van der Waals surface area contributed by atoms with Gasteiger partial charge >= 0.3 is 0 Å². The lowest BCUT2D eigenvalue weighted by Crippen LogP contribution is -1.98. The van der Waals surface area contributed by atoms with Crippen LogP contribution >= 0.6 is 11.8 Å². The Kier molecular flexibility index (Phi) is 3.86. The van der Waals surface area contributed by atoms with E-state index in [4.69, 9.17) is 0 Å². The van der Waals surface area contributed by atoms with Crippen LogP contribution < -0.4 is 0 Å². The minimum Gasteiger partial charge on any atom is -0.199 e. The van der Waals surface area contributed by atoms with Crippen molar-refractivity contribution in [2.45, 2.75) is 11.8 Å². The molecule has 0 aromatic heterocycles. The number of aryl methyl sites for hydroxylation is 1. The molecular weight excluding hydrogens is 274 g/mol. The van der Waals surface area contributed by atoms with Crippen molar-refractivity contribution in [3.8, 4) is 0 Å². The minimum atomic E-state index is -3.55. The summed E-state index contributed by atoms with van der Waals surface area (Å²) in [5.74, 6) is 0. The third-order valence-electron chi connectivity index (χ3n) is 2.05. The molecule has 1 aliphatic heterocycles. The first-order valence-corrected chi connectivity index (χ1v) is 8.52. The molecule has 1 aromatic carbocycles. The summed E-state index contributed by atoms with van der Waals surface area (Å²) in [6, 6.07) is 6.72. The molecule has 17 heavy (non-hydrogen) atoms. The molecule has 0 fully saturated rings. The highest BCUT2D eigenvalue weighted by Crippen LogP contribution is 2.18. The highest BCUT2D eigenvalue weighted by Gasteiger charge is 2.12. The molecule has 0 spiro atoms. The maximum atomic E-state index is 12.0. The largest absolute Gasteiger partial charge is 0.288 e. The quantitative estimate of drug-likeness (QED) is 0.838. The van der Waals surface area contributed by atoms with Gasteiger partial charge in [0.1, 0.15) is 0 Å².